The van der Waals surface area contributed by atoms with E-state index < -0.39 is 46.6 Å². The van der Waals surface area contributed by atoms with Crippen LogP contribution in [0.5, 0.6) is 11.6 Å². The van der Waals surface area contributed by atoms with E-state index in [2.05, 4.69) is 26.4 Å². The number of benzene rings is 1. The Morgan fingerprint density at radius 2 is 1.79 bits per heavy atom. The van der Waals surface area contributed by atoms with Crippen molar-refractivity contribution in [1.29, 1.82) is 0 Å². The van der Waals surface area contributed by atoms with Gasteiger partial charge in [0.1, 0.15) is 22.9 Å². The fourth-order valence-electron chi connectivity index (χ4n) is 7.18. The van der Waals surface area contributed by atoms with Gasteiger partial charge in [-0.2, -0.15) is 0 Å². The molecule has 0 saturated carbocycles. The number of halogens is 2. The zero-order valence-electron chi connectivity index (χ0n) is 28.4. The van der Waals surface area contributed by atoms with Crippen molar-refractivity contribution in [2.45, 2.75) is 96.7 Å². The highest BCUT2D eigenvalue weighted by Gasteiger charge is 2.64. The summed E-state index contributed by atoms with van der Waals surface area (Å²) >= 11 is 3.56. The van der Waals surface area contributed by atoms with Crippen LogP contribution < -0.4 is 14.8 Å². The SMILES string of the molecule is CCCCOc1noc2c1C(=O)[C@@]1(O)C(O)=C3C(=O)c4c(c(F)c(CCNC(C)(C)C)c(Br)c4OCCCC)C[C@H]3C[C@H]1[C@@H]2N(C)C. The lowest BCUT2D eigenvalue weighted by molar-refractivity contribution is -0.0559. The largest absolute Gasteiger partial charge is 0.508 e. The fourth-order valence-corrected chi connectivity index (χ4v) is 7.86. The van der Waals surface area contributed by atoms with Crippen molar-refractivity contribution in [2.75, 3.05) is 33.9 Å². The minimum atomic E-state index is -2.45. The third kappa shape index (κ3) is 6.15. The number of allylic oxidation sites excluding steroid dienone is 1. The standard InChI is InChI=1S/C35H47BrFN3O7/c1-8-10-14-45-29-23-20(26(37)19(25(29)36)12-13-38-34(3,4)5)16-18-17-21-27(40(6)7)30-24(33(39-47-30)46-15-11-9-2)32(43)35(21,44)31(42)22(18)28(23)41/h18,21,27,38,42,44H,8-17H2,1-7H3/t18-,21-,27-,35-/m0/s1. The molecule has 12 heteroatoms. The zero-order valence-corrected chi connectivity index (χ0v) is 30.0. The van der Waals surface area contributed by atoms with E-state index in [9.17, 15) is 19.8 Å². The van der Waals surface area contributed by atoms with Crippen LogP contribution in [0.4, 0.5) is 4.39 Å². The Kier molecular flexibility index (Phi) is 10.3. The van der Waals surface area contributed by atoms with Gasteiger partial charge in [-0.1, -0.05) is 26.7 Å². The second-order valence-corrected chi connectivity index (χ2v) is 15.0. The van der Waals surface area contributed by atoms with Crippen LogP contribution in [0.1, 0.15) is 110 Å². The molecule has 4 atom stereocenters. The van der Waals surface area contributed by atoms with Crippen molar-refractivity contribution in [1.82, 2.24) is 15.4 Å². The Bertz CT molecular complexity index is 1580. The topological polar surface area (TPSA) is 134 Å². The first-order chi connectivity index (χ1) is 22.2. The molecular weight excluding hydrogens is 673 g/mol. The zero-order chi connectivity index (χ0) is 34.4. The molecule has 0 spiro atoms. The monoisotopic (exact) mass is 719 g/mol. The van der Waals surface area contributed by atoms with E-state index in [1.807, 2.05) is 34.6 Å². The summed E-state index contributed by atoms with van der Waals surface area (Å²) in [7, 11) is 3.55. The molecule has 0 saturated heterocycles. The first-order valence-electron chi connectivity index (χ1n) is 16.6. The van der Waals surface area contributed by atoms with Gasteiger partial charge in [0, 0.05) is 28.2 Å². The number of fused-ring (bicyclic) bond motifs is 4. The predicted octanol–water partition coefficient (Wildman–Crippen LogP) is 6.28. The van der Waals surface area contributed by atoms with Gasteiger partial charge in [0.05, 0.1) is 29.3 Å². The molecule has 0 amide bonds. The maximum Gasteiger partial charge on any atom is 0.265 e. The van der Waals surface area contributed by atoms with Gasteiger partial charge < -0.3 is 29.5 Å². The molecule has 1 heterocycles. The molecule has 0 bridgehead atoms. The van der Waals surface area contributed by atoms with Crippen LogP contribution in [0, 0.1) is 17.7 Å². The van der Waals surface area contributed by atoms with Gasteiger partial charge in [0.25, 0.3) is 5.88 Å². The highest BCUT2D eigenvalue weighted by molar-refractivity contribution is 9.10. The minimum absolute atomic E-state index is 0.0135. The first kappa shape index (κ1) is 35.5. The van der Waals surface area contributed by atoms with E-state index in [0.29, 0.717) is 36.0 Å². The molecule has 0 unspecified atom stereocenters. The van der Waals surface area contributed by atoms with Crippen LogP contribution in [-0.4, -0.2) is 76.8 Å². The number of ether oxygens (including phenoxy) is 2. The Morgan fingerprint density at radius 3 is 2.40 bits per heavy atom. The Labute approximate surface area is 284 Å². The number of carbonyl (C=O) groups excluding carboxylic acids is 2. The molecule has 1 aromatic carbocycles. The lowest BCUT2D eigenvalue weighted by atomic mass is 9.58. The lowest BCUT2D eigenvalue weighted by Gasteiger charge is -2.49. The van der Waals surface area contributed by atoms with E-state index in [-0.39, 0.29) is 64.6 Å². The molecule has 10 nitrogen and oxygen atoms in total. The fraction of sp³-hybridized carbons (Fsp3) is 0.629. The number of rotatable bonds is 12. The van der Waals surface area contributed by atoms with Crippen LogP contribution in [0.15, 0.2) is 20.3 Å². The van der Waals surface area contributed by atoms with Crippen molar-refractivity contribution in [3.05, 3.63) is 49.6 Å². The Hall–Kier alpha value is -2.80. The lowest BCUT2D eigenvalue weighted by Crippen LogP contribution is -2.59. The minimum Gasteiger partial charge on any atom is -0.508 e. The number of aliphatic hydroxyl groups is 2. The Balaban J connectivity index is 1.64. The smallest absolute Gasteiger partial charge is 0.265 e. The summed E-state index contributed by atoms with van der Waals surface area (Å²) in [6, 6.07) is -0.689. The molecule has 1 aromatic heterocycles. The molecule has 3 aliphatic rings. The molecule has 0 fully saturated rings. The number of hydrogen-bond acceptors (Lipinski definition) is 10. The summed E-state index contributed by atoms with van der Waals surface area (Å²) in [6.45, 7) is 11.2. The van der Waals surface area contributed by atoms with Gasteiger partial charge in [0.15, 0.2) is 17.1 Å². The van der Waals surface area contributed by atoms with E-state index in [4.69, 9.17) is 14.0 Å². The molecule has 5 rings (SSSR count). The van der Waals surface area contributed by atoms with Crippen LogP contribution >= 0.6 is 15.9 Å². The summed E-state index contributed by atoms with van der Waals surface area (Å²) in [5, 5.41) is 31.6. The number of hydrogen-bond donors (Lipinski definition) is 3. The average Bonchev–Trinajstić information content (AvgIpc) is 3.41. The quantitative estimate of drug-likeness (QED) is 0.215. The van der Waals surface area contributed by atoms with E-state index in [1.54, 1.807) is 19.0 Å². The number of aliphatic hydroxyl groups excluding tert-OH is 1. The molecule has 258 valence electrons. The number of aromatic nitrogens is 1. The molecule has 2 aromatic rings. The molecule has 3 aliphatic carbocycles. The van der Waals surface area contributed by atoms with Crippen LogP contribution in [0.3, 0.4) is 0 Å². The van der Waals surface area contributed by atoms with Gasteiger partial charge in [-0.15, -0.1) is 0 Å². The average molecular weight is 721 g/mol. The number of ketones is 2. The van der Waals surface area contributed by atoms with E-state index in [0.717, 1.165) is 19.3 Å². The summed E-state index contributed by atoms with van der Waals surface area (Å²) in [5.74, 6) is -3.88. The van der Waals surface area contributed by atoms with Gasteiger partial charge in [-0.25, -0.2) is 4.39 Å². The third-order valence-electron chi connectivity index (χ3n) is 9.52. The number of Topliss-reactive ketones (excluding diaryl/α,β-unsaturated/α-hetero) is 2. The number of nitrogens with zero attached hydrogens (tertiary/aromatic N) is 2. The highest BCUT2D eigenvalue weighted by atomic mass is 79.9. The summed E-state index contributed by atoms with van der Waals surface area (Å²) in [5.41, 5.74) is -2.12. The number of carbonyl (C=O) groups is 2. The first-order valence-corrected chi connectivity index (χ1v) is 17.4. The third-order valence-corrected chi connectivity index (χ3v) is 10.4. The molecule has 0 aliphatic heterocycles. The van der Waals surface area contributed by atoms with Gasteiger partial charge in [-0.05, 0) is 101 Å². The summed E-state index contributed by atoms with van der Waals surface area (Å²) < 4.78 is 34.5. The van der Waals surface area contributed by atoms with E-state index in [1.165, 1.54) is 0 Å². The highest BCUT2D eigenvalue weighted by Crippen LogP contribution is 2.57. The summed E-state index contributed by atoms with van der Waals surface area (Å²) in [6.07, 6.45) is 3.69. The normalized spacial score (nSPS) is 23.9. The maximum atomic E-state index is 16.5. The second-order valence-electron chi connectivity index (χ2n) is 14.2. The van der Waals surface area contributed by atoms with Gasteiger partial charge in [-0.3, -0.25) is 14.5 Å². The molecule has 0 radical (unpaired) electrons. The molecular formula is C35H47BrFN3O7. The van der Waals surface area contributed by atoms with Crippen molar-refractivity contribution < 1.29 is 38.2 Å². The predicted molar refractivity (Wildman–Crippen MR) is 178 cm³/mol. The van der Waals surface area contributed by atoms with Crippen molar-refractivity contribution in [2.24, 2.45) is 11.8 Å². The molecule has 47 heavy (non-hydrogen) atoms. The van der Waals surface area contributed by atoms with Crippen LogP contribution in [0.25, 0.3) is 0 Å². The van der Waals surface area contributed by atoms with Gasteiger partial charge >= 0.3 is 0 Å². The molecule has 3 N–H and O–H groups in total. The summed E-state index contributed by atoms with van der Waals surface area (Å²) in [4.78, 5) is 30.5. The Morgan fingerprint density at radius 1 is 1.13 bits per heavy atom. The van der Waals surface area contributed by atoms with Crippen molar-refractivity contribution in [3.8, 4) is 11.6 Å². The van der Waals surface area contributed by atoms with E-state index >= 15 is 4.39 Å². The number of nitrogens with one attached hydrogen (secondary N) is 1. The van der Waals surface area contributed by atoms with Crippen molar-refractivity contribution >= 4 is 27.5 Å². The maximum absolute atomic E-state index is 16.5. The number of unbranched alkanes of at least 4 members (excludes halogenated alkanes) is 2. The van der Waals surface area contributed by atoms with Crippen molar-refractivity contribution in [3.63, 3.8) is 0 Å². The van der Waals surface area contributed by atoms with Crippen LogP contribution in [-0.2, 0) is 12.8 Å². The van der Waals surface area contributed by atoms with Crippen LogP contribution in [0.2, 0.25) is 0 Å². The van der Waals surface area contributed by atoms with Gasteiger partial charge in [0.2, 0.25) is 5.78 Å². The second kappa shape index (κ2) is 13.6.